The molecule has 1 heterocycles. The van der Waals surface area contributed by atoms with E-state index in [1.807, 2.05) is 36.4 Å². The summed E-state index contributed by atoms with van der Waals surface area (Å²) in [6, 6.07) is 14.8. The number of ether oxygens (including phenoxy) is 1. The number of rotatable bonds is 3. The highest BCUT2D eigenvalue weighted by Gasteiger charge is 2.10. The summed E-state index contributed by atoms with van der Waals surface area (Å²) in [6.45, 7) is 0. The SMILES string of the molecule is COc1cccc(-c2nnc(-c3ccc(N)cc3)o2)c1. The van der Waals surface area contributed by atoms with E-state index in [2.05, 4.69) is 10.2 Å². The predicted molar refractivity (Wildman–Crippen MR) is 76.1 cm³/mol. The van der Waals surface area contributed by atoms with Crippen molar-refractivity contribution < 1.29 is 9.15 Å². The summed E-state index contributed by atoms with van der Waals surface area (Å²) in [5.74, 6) is 1.66. The number of hydrogen-bond acceptors (Lipinski definition) is 5. The second-order valence-corrected chi connectivity index (χ2v) is 4.27. The van der Waals surface area contributed by atoms with Gasteiger partial charge in [-0.25, -0.2) is 0 Å². The minimum atomic E-state index is 0.454. The predicted octanol–water partition coefficient (Wildman–Crippen LogP) is 2.99. The Hall–Kier alpha value is -2.82. The number of nitrogen functional groups attached to an aromatic ring is 1. The van der Waals surface area contributed by atoms with Crippen LogP contribution in [0, 0.1) is 0 Å². The zero-order valence-corrected chi connectivity index (χ0v) is 10.9. The van der Waals surface area contributed by atoms with Gasteiger partial charge in [0.1, 0.15) is 5.75 Å². The van der Waals surface area contributed by atoms with E-state index in [1.165, 1.54) is 0 Å². The highest BCUT2D eigenvalue weighted by atomic mass is 16.5. The minimum Gasteiger partial charge on any atom is -0.497 e. The fraction of sp³-hybridized carbons (Fsp3) is 0.0667. The van der Waals surface area contributed by atoms with E-state index in [9.17, 15) is 0 Å². The van der Waals surface area contributed by atoms with Crippen molar-refractivity contribution in [2.75, 3.05) is 12.8 Å². The van der Waals surface area contributed by atoms with Crippen LogP contribution in [-0.2, 0) is 0 Å². The third kappa shape index (κ3) is 2.33. The molecule has 3 aromatic rings. The first-order chi connectivity index (χ1) is 9.76. The van der Waals surface area contributed by atoms with Crippen LogP contribution in [0.3, 0.4) is 0 Å². The molecule has 0 aliphatic heterocycles. The Kier molecular flexibility index (Phi) is 3.09. The number of aromatic nitrogens is 2. The van der Waals surface area contributed by atoms with E-state index in [4.69, 9.17) is 14.9 Å². The van der Waals surface area contributed by atoms with Crippen molar-refractivity contribution in [3.8, 4) is 28.7 Å². The van der Waals surface area contributed by atoms with Crippen LogP contribution in [0.2, 0.25) is 0 Å². The Bertz CT molecular complexity index is 720. The van der Waals surface area contributed by atoms with Crippen LogP contribution in [0.5, 0.6) is 5.75 Å². The van der Waals surface area contributed by atoms with Crippen molar-refractivity contribution in [1.29, 1.82) is 0 Å². The smallest absolute Gasteiger partial charge is 0.248 e. The van der Waals surface area contributed by atoms with Crippen molar-refractivity contribution in [1.82, 2.24) is 10.2 Å². The molecule has 0 radical (unpaired) electrons. The highest BCUT2D eigenvalue weighted by Crippen LogP contribution is 2.26. The van der Waals surface area contributed by atoms with E-state index >= 15 is 0 Å². The van der Waals surface area contributed by atoms with Crippen LogP contribution >= 0.6 is 0 Å². The second kappa shape index (κ2) is 5.05. The van der Waals surface area contributed by atoms with Gasteiger partial charge in [-0.1, -0.05) is 6.07 Å². The third-order valence-electron chi connectivity index (χ3n) is 2.90. The fourth-order valence-corrected chi connectivity index (χ4v) is 1.84. The topological polar surface area (TPSA) is 74.2 Å². The Morgan fingerprint density at radius 2 is 1.65 bits per heavy atom. The summed E-state index contributed by atoms with van der Waals surface area (Å²) in [6.07, 6.45) is 0. The molecule has 100 valence electrons. The largest absolute Gasteiger partial charge is 0.497 e. The van der Waals surface area contributed by atoms with Gasteiger partial charge in [-0.05, 0) is 42.5 Å². The number of nitrogens with zero attached hydrogens (tertiary/aromatic N) is 2. The average molecular weight is 267 g/mol. The number of anilines is 1. The quantitative estimate of drug-likeness (QED) is 0.738. The van der Waals surface area contributed by atoms with E-state index in [0.717, 1.165) is 16.9 Å². The molecule has 0 bridgehead atoms. The van der Waals surface area contributed by atoms with Gasteiger partial charge in [-0.2, -0.15) is 0 Å². The number of benzene rings is 2. The summed E-state index contributed by atoms with van der Waals surface area (Å²) < 4.78 is 10.9. The zero-order chi connectivity index (χ0) is 13.9. The maximum absolute atomic E-state index is 5.68. The maximum atomic E-state index is 5.68. The first-order valence-corrected chi connectivity index (χ1v) is 6.10. The van der Waals surface area contributed by atoms with Gasteiger partial charge in [-0.15, -0.1) is 10.2 Å². The summed E-state index contributed by atoms with van der Waals surface area (Å²) in [5.41, 5.74) is 8.00. The monoisotopic (exact) mass is 267 g/mol. The molecule has 0 aliphatic carbocycles. The lowest BCUT2D eigenvalue weighted by Gasteiger charge is -2.00. The van der Waals surface area contributed by atoms with Crippen LogP contribution < -0.4 is 10.5 Å². The van der Waals surface area contributed by atoms with Gasteiger partial charge >= 0.3 is 0 Å². The molecule has 0 atom stereocenters. The van der Waals surface area contributed by atoms with Crippen LogP contribution in [0.4, 0.5) is 5.69 Å². The molecule has 0 saturated carbocycles. The van der Waals surface area contributed by atoms with Crippen LogP contribution in [0.15, 0.2) is 52.9 Å². The van der Waals surface area contributed by atoms with Crippen molar-refractivity contribution in [3.63, 3.8) is 0 Å². The lowest BCUT2D eigenvalue weighted by atomic mass is 10.2. The molecule has 0 unspecified atom stereocenters. The van der Waals surface area contributed by atoms with E-state index in [-0.39, 0.29) is 0 Å². The Balaban J connectivity index is 1.95. The van der Waals surface area contributed by atoms with Crippen LogP contribution in [0.25, 0.3) is 22.9 Å². The van der Waals surface area contributed by atoms with Crippen molar-refractivity contribution in [2.24, 2.45) is 0 Å². The van der Waals surface area contributed by atoms with E-state index in [0.29, 0.717) is 17.5 Å². The Morgan fingerprint density at radius 3 is 2.35 bits per heavy atom. The standard InChI is InChI=1S/C15H13N3O2/c1-19-13-4-2-3-11(9-13)15-18-17-14(20-15)10-5-7-12(16)8-6-10/h2-9H,16H2,1H3. The molecule has 0 spiro atoms. The van der Waals surface area contributed by atoms with Gasteiger partial charge < -0.3 is 14.9 Å². The van der Waals surface area contributed by atoms with Gasteiger partial charge in [0, 0.05) is 16.8 Å². The summed E-state index contributed by atoms with van der Waals surface area (Å²) in [4.78, 5) is 0. The van der Waals surface area contributed by atoms with Crippen LogP contribution in [0.1, 0.15) is 0 Å². The van der Waals surface area contributed by atoms with Crippen LogP contribution in [-0.4, -0.2) is 17.3 Å². The normalized spacial score (nSPS) is 10.4. The third-order valence-corrected chi connectivity index (χ3v) is 2.90. The van der Waals surface area contributed by atoms with Gasteiger partial charge in [-0.3, -0.25) is 0 Å². The first kappa shape index (κ1) is 12.2. The van der Waals surface area contributed by atoms with E-state index < -0.39 is 0 Å². The molecule has 2 aromatic carbocycles. The zero-order valence-electron chi connectivity index (χ0n) is 10.9. The summed E-state index contributed by atoms with van der Waals surface area (Å²) in [5, 5.41) is 8.11. The molecule has 5 heteroatoms. The lowest BCUT2D eigenvalue weighted by Crippen LogP contribution is -1.83. The Labute approximate surface area is 116 Å². The summed E-state index contributed by atoms with van der Waals surface area (Å²) >= 11 is 0. The van der Waals surface area contributed by atoms with Gasteiger partial charge in [0.25, 0.3) is 0 Å². The van der Waals surface area contributed by atoms with Gasteiger partial charge in [0.15, 0.2) is 0 Å². The number of hydrogen-bond donors (Lipinski definition) is 1. The molecule has 20 heavy (non-hydrogen) atoms. The number of nitrogens with two attached hydrogens (primary N) is 1. The molecule has 0 aliphatic rings. The van der Waals surface area contributed by atoms with Crippen molar-refractivity contribution in [2.45, 2.75) is 0 Å². The average Bonchev–Trinajstić information content (AvgIpc) is 2.98. The fourth-order valence-electron chi connectivity index (χ4n) is 1.84. The molecule has 0 amide bonds. The molecular weight excluding hydrogens is 254 g/mol. The lowest BCUT2D eigenvalue weighted by molar-refractivity contribution is 0.415. The molecule has 5 nitrogen and oxygen atoms in total. The van der Waals surface area contributed by atoms with Crippen molar-refractivity contribution >= 4 is 5.69 Å². The van der Waals surface area contributed by atoms with E-state index in [1.54, 1.807) is 19.2 Å². The summed E-state index contributed by atoms with van der Waals surface area (Å²) in [7, 11) is 1.62. The maximum Gasteiger partial charge on any atom is 0.248 e. The van der Waals surface area contributed by atoms with Gasteiger partial charge in [0.2, 0.25) is 11.8 Å². The molecule has 3 rings (SSSR count). The molecular formula is C15H13N3O2. The van der Waals surface area contributed by atoms with Crippen molar-refractivity contribution in [3.05, 3.63) is 48.5 Å². The van der Waals surface area contributed by atoms with Gasteiger partial charge in [0.05, 0.1) is 7.11 Å². The highest BCUT2D eigenvalue weighted by molar-refractivity contribution is 5.60. The first-order valence-electron chi connectivity index (χ1n) is 6.10. The minimum absolute atomic E-state index is 0.454. The molecule has 1 aromatic heterocycles. The second-order valence-electron chi connectivity index (χ2n) is 4.27. The molecule has 0 saturated heterocycles. The Morgan fingerprint density at radius 1 is 0.950 bits per heavy atom. The number of methoxy groups -OCH3 is 1. The molecule has 0 fully saturated rings. The molecule has 2 N–H and O–H groups in total.